The lowest BCUT2D eigenvalue weighted by molar-refractivity contribution is 1.06. The Kier molecular flexibility index (Phi) is 2.48. The van der Waals surface area contributed by atoms with Crippen molar-refractivity contribution in [3.8, 4) is 11.4 Å². The second kappa shape index (κ2) is 4.03. The van der Waals surface area contributed by atoms with Gasteiger partial charge in [-0.25, -0.2) is 4.98 Å². The average molecular weight is 256 g/mol. The molecule has 4 nitrogen and oxygen atoms in total. The quantitative estimate of drug-likeness (QED) is 0.727. The molecule has 0 unspecified atom stereocenters. The molecule has 3 rings (SSSR count). The maximum absolute atomic E-state index is 5.66. The molecule has 0 spiro atoms. The van der Waals surface area contributed by atoms with Crippen molar-refractivity contribution in [2.24, 2.45) is 0 Å². The van der Waals surface area contributed by atoms with Crippen LogP contribution in [0, 0.1) is 13.8 Å². The van der Waals surface area contributed by atoms with Crippen molar-refractivity contribution in [3.63, 3.8) is 0 Å². The third-order valence-corrected chi connectivity index (χ3v) is 3.69. The second-order valence-corrected chi connectivity index (χ2v) is 5.11. The summed E-state index contributed by atoms with van der Waals surface area (Å²) >= 11 is 1.42. The molecule has 18 heavy (non-hydrogen) atoms. The molecular formula is C13H12N4S. The molecule has 2 N–H and O–H groups in total. The molecule has 0 saturated heterocycles. The highest BCUT2D eigenvalue weighted by atomic mass is 32.1. The number of rotatable bonds is 1. The van der Waals surface area contributed by atoms with E-state index in [0.717, 1.165) is 33.4 Å². The van der Waals surface area contributed by atoms with Crippen LogP contribution in [0.3, 0.4) is 0 Å². The van der Waals surface area contributed by atoms with Gasteiger partial charge < -0.3 is 5.73 Å². The molecule has 1 aromatic carbocycles. The predicted octanol–water partition coefficient (Wildman–Crippen LogP) is 2.95. The van der Waals surface area contributed by atoms with Crippen LogP contribution in [0.1, 0.15) is 11.1 Å². The third kappa shape index (κ3) is 1.64. The van der Waals surface area contributed by atoms with E-state index in [1.165, 1.54) is 11.3 Å². The van der Waals surface area contributed by atoms with Gasteiger partial charge in [-0.3, -0.25) is 0 Å². The first-order valence-electron chi connectivity index (χ1n) is 5.61. The Labute approximate surface area is 109 Å². The zero-order valence-corrected chi connectivity index (χ0v) is 11.0. The fourth-order valence-electron chi connectivity index (χ4n) is 2.04. The largest absolute Gasteiger partial charge is 0.375 e. The van der Waals surface area contributed by atoms with E-state index in [2.05, 4.69) is 21.2 Å². The monoisotopic (exact) mass is 256 g/mol. The highest BCUT2D eigenvalue weighted by molar-refractivity contribution is 7.13. The summed E-state index contributed by atoms with van der Waals surface area (Å²) in [6.45, 7) is 4.08. The third-order valence-electron chi connectivity index (χ3n) is 3.01. The summed E-state index contributed by atoms with van der Waals surface area (Å²) < 4.78 is 0. The van der Waals surface area contributed by atoms with Gasteiger partial charge in [-0.15, -0.1) is 21.5 Å². The molecular weight excluding hydrogens is 244 g/mol. The van der Waals surface area contributed by atoms with Gasteiger partial charge in [0, 0.05) is 10.8 Å². The van der Waals surface area contributed by atoms with Crippen LogP contribution in [0.4, 0.5) is 5.13 Å². The number of hydrogen-bond acceptors (Lipinski definition) is 5. The minimum Gasteiger partial charge on any atom is -0.375 e. The summed E-state index contributed by atoms with van der Waals surface area (Å²) in [5.41, 5.74) is 10.4. The molecule has 0 aliphatic rings. The first-order chi connectivity index (χ1) is 8.66. The normalized spacial score (nSPS) is 11.0. The molecule has 0 fully saturated rings. The topological polar surface area (TPSA) is 64.7 Å². The van der Waals surface area contributed by atoms with Gasteiger partial charge >= 0.3 is 0 Å². The Morgan fingerprint density at radius 1 is 1.17 bits per heavy atom. The van der Waals surface area contributed by atoms with Gasteiger partial charge in [-0.2, -0.15) is 0 Å². The molecule has 0 aliphatic heterocycles. The van der Waals surface area contributed by atoms with Crippen LogP contribution in [0.2, 0.25) is 0 Å². The molecule has 0 saturated carbocycles. The van der Waals surface area contributed by atoms with Crippen molar-refractivity contribution in [1.29, 1.82) is 0 Å². The van der Waals surface area contributed by atoms with E-state index in [1.54, 1.807) is 0 Å². The van der Waals surface area contributed by atoms with Gasteiger partial charge in [0.05, 0.1) is 5.52 Å². The molecule has 0 amide bonds. The van der Waals surface area contributed by atoms with Crippen molar-refractivity contribution in [2.45, 2.75) is 13.8 Å². The summed E-state index contributed by atoms with van der Waals surface area (Å²) in [7, 11) is 0. The second-order valence-electron chi connectivity index (χ2n) is 4.22. The van der Waals surface area contributed by atoms with E-state index in [9.17, 15) is 0 Å². The Balaban J connectivity index is 2.30. The molecule has 0 aliphatic carbocycles. The molecule has 0 radical (unpaired) electrons. The number of benzene rings is 1. The molecule has 3 aromatic rings. The van der Waals surface area contributed by atoms with Gasteiger partial charge in [0.15, 0.2) is 5.13 Å². The van der Waals surface area contributed by atoms with Crippen molar-refractivity contribution < 1.29 is 0 Å². The molecule has 0 atom stereocenters. The van der Waals surface area contributed by atoms with Crippen LogP contribution in [-0.4, -0.2) is 15.2 Å². The van der Waals surface area contributed by atoms with Crippen LogP contribution >= 0.6 is 11.3 Å². The minimum absolute atomic E-state index is 0.551. The van der Waals surface area contributed by atoms with Crippen LogP contribution < -0.4 is 5.73 Å². The predicted molar refractivity (Wildman–Crippen MR) is 74.5 cm³/mol. The van der Waals surface area contributed by atoms with Crippen LogP contribution in [0.15, 0.2) is 23.6 Å². The summed E-state index contributed by atoms with van der Waals surface area (Å²) in [4.78, 5) is 4.26. The Morgan fingerprint density at radius 2 is 2.00 bits per heavy atom. The van der Waals surface area contributed by atoms with Crippen molar-refractivity contribution in [3.05, 3.63) is 34.7 Å². The van der Waals surface area contributed by atoms with Crippen LogP contribution in [0.5, 0.6) is 0 Å². The number of aryl methyl sites for hydroxylation is 2. The average Bonchev–Trinajstić information content (AvgIpc) is 2.77. The van der Waals surface area contributed by atoms with Gasteiger partial charge in [0.25, 0.3) is 0 Å². The van der Waals surface area contributed by atoms with Crippen molar-refractivity contribution >= 4 is 27.4 Å². The van der Waals surface area contributed by atoms with Gasteiger partial charge in [-0.05, 0) is 25.0 Å². The van der Waals surface area contributed by atoms with Gasteiger partial charge in [0.1, 0.15) is 11.4 Å². The molecule has 0 bridgehead atoms. The lowest BCUT2D eigenvalue weighted by Crippen LogP contribution is -1.96. The van der Waals surface area contributed by atoms with Crippen LogP contribution in [-0.2, 0) is 0 Å². The fraction of sp³-hybridized carbons (Fsp3) is 0.154. The van der Waals surface area contributed by atoms with E-state index >= 15 is 0 Å². The number of thiazole rings is 1. The summed E-state index contributed by atoms with van der Waals surface area (Å²) in [5, 5.41) is 12.2. The number of nitrogens with zero attached hydrogens (tertiary/aromatic N) is 3. The molecule has 90 valence electrons. The summed E-state index contributed by atoms with van der Waals surface area (Å²) in [5.74, 6) is 0. The zero-order chi connectivity index (χ0) is 12.7. The van der Waals surface area contributed by atoms with E-state index in [1.807, 2.05) is 31.4 Å². The maximum atomic E-state index is 5.66. The first-order valence-corrected chi connectivity index (χ1v) is 6.49. The first kappa shape index (κ1) is 11.1. The Hall–Kier alpha value is -2.01. The SMILES string of the molecule is Cc1c(-c2csc(N)n2)nnc2c(C)cccc12. The van der Waals surface area contributed by atoms with E-state index < -0.39 is 0 Å². The summed E-state index contributed by atoms with van der Waals surface area (Å²) in [6, 6.07) is 6.13. The number of hydrogen-bond donors (Lipinski definition) is 1. The fourth-order valence-corrected chi connectivity index (χ4v) is 2.58. The molecule has 2 aromatic heterocycles. The smallest absolute Gasteiger partial charge is 0.180 e. The standard InChI is InChI=1S/C13H12N4S/c1-7-4-3-5-9-8(2)12(17-16-11(7)9)10-6-18-13(14)15-10/h3-6H,1-2H3,(H2,14,15). The van der Waals surface area contributed by atoms with E-state index in [0.29, 0.717) is 5.13 Å². The maximum Gasteiger partial charge on any atom is 0.180 e. The zero-order valence-electron chi connectivity index (χ0n) is 10.1. The minimum atomic E-state index is 0.551. The highest BCUT2D eigenvalue weighted by Gasteiger charge is 2.12. The molecule has 5 heteroatoms. The number of aromatic nitrogens is 3. The molecule has 2 heterocycles. The highest BCUT2D eigenvalue weighted by Crippen LogP contribution is 2.28. The van der Waals surface area contributed by atoms with Crippen LogP contribution in [0.25, 0.3) is 22.3 Å². The van der Waals surface area contributed by atoms with Crippen molar-refractivity contribution in [2.75, 3.05) is 5.73 Å². The van der Waals surface area contributed by atoms with Gasteiger partial charge in [0.2, 0.25) is 0 Å². The van der Waals surface area contributed by atoms with Gasteiger partial charge in [-0.1, -0.05) is 18.2 Å². The lowest BCUT2D eigenvalue weighted by Gasteiger charge is -2.06. The number of fused-ring (bicyclic) bond motifs is 1. The summed E-state index contributed by atoms with van der Waals surface area (Å²) in [6.07, 6.45) is 0. The van der Waals surface area contributed by atoms with E-state index in [4.69, 9.17) is 5.73 Å². The van der Waals surface area contributed by atoms with Crippen molar-refractivity contribution in [1.82, 2.24) is 15.2 Å². The Morgan fingerprint density at radius 3 is 2.72 bits per heavy atom. The number of anilines is 1. The number of nitrogen functional groups attached to an aromatic ring is 1. The van der Waals surface area contributed by atoms with E-state index in [-0.39, 0.29) is 0 Å². The Bertz CT molecular complexity index is 733. The lowest BCUT2D eigenvalue weighted by atomic mass is 10.0. The number of nitrogens with two attached hydrogens (primary N) is 1.